The molecule has 0 saturated heterocycles. The molecule has 2 aromatic rings. The quantitative estimate of drug-likeness (QED) is 0.204. The maximum atomic E-state index is 13.4. The Balaban J connectivity index is 2.22. The molecule has 0 aromatic heterocycles. The molecule has 39 heavy (non-hydrogen) atoms. The largest absolute Gasteiger partial charge is 0.462 e. The minimum Gasteiger partial charge on any atom is -0.462 e. The summed E-state index contributed by atoms with van der Waals surface area (Å²) in [4.78, 5) is 39.0. The summed E-state index contributed by atoms with van der Waals surface area (Å²) >= 11 is 0.884. The van der Waals surface area contributed by atoms with Gasteiger partial charge in [-0.1, -0.05) is 24.3 Å². The molecule has 0 aliphatic carbocycles. The van der Waals surface area contributed by atoms with Crippen molar-refractivity contribution in [2.24, 2.45) is 5.41 Å². The molecule has 0 spiro atoms. The van der Waals surface area contributed by atoms with Crippen LogP contribution in [0.2, 0.25) is 0 Å². The van der Waals surface area contributed by atoms with Crippen molar-refractivity contribution in [2.45, 2.75) is 50.9 Å². The van der Waals surface area contributed by atoms with Crippen LogP contribution in [-0.4, -0.2) is 43.6 Å². The van der Waals surface area contributed by atoms with Crippen molar-refractivity contribution in [3.05, 3.63) is 59.2 Å². The zero-order valence-electron chi connectivity index (χ0n) is 22.7. The van der Waals surface area contributed by atoms with Gasteiger partial charge in [0.15, 0.2) is 0 Å². The van der Waals surface area contributed by atoms with E-state index in [9.17, 15) is 27.6 Å². The molecule has 2 aromatic carbocycles. The molecule has 9 nitrogen and oxygen atoms in total. The van der Waals surface area contributed by atoms with Crippen LogP contribution in [0.5, 0.6) is 0 Å². The number of nitrogens with zero attached hydrogens (tertiary/aromatic N) is 1. The van der Waals surface area contributed by atoms with E-state index >= 15 is 0 Å². The molecule has 13 heteroatoms. The van der Waals surface area contributed by atoms with Crippen LogP contribution in [0.4, 0.5) is 28.4 Å². The van der Waals surface area contributed by atoms with Gasteiger partial charge in [-0.25, -0.2) is 9.59 Å². The lowest BCUT2D eigenvalue weighted by Gasteiger charge is -2.32. The highest BCUT2D eigenvalue weighted by Crippen LogP contribution is 2.33. The summed E-state index contributed by atoms with van der Waals surface area (Å²) in [6, 6.07) is 8.49. The molecule has 1 unspecified atom stereocenters. The number of urea groups is 2. The van der Waals surface area contributed by atoms with E-state index in [4.69, 9.17) is 10.5 Å². The molecule has 0 aliphatic heterocycles. The number of benzene rings is 2. The number of halogens is 3. The lowest BCUT2D eigenvalue weighted by Crippen LogP contribution is -2.50. The molecule has 4 amide bonds. The standard InChI is InChI=1S/C26H34F3N5O4S/c1-24(2,3)21(35)38-15-25(4,17-10-8-11-18(13-17)26(27,28)29)32-22(36)33-39-19-12-7-9-16(20(19)30)14-31-23(37)34(5)6/h7-13H,14-15,30H2,1-6H3,(H,31,37)(H2,32,33,36). The van der Waals surface area contributed by atoms with Gasteiger partial charge in [0.05, 0.1) is 27.1 Å². The molecule has 0 aliphatic rings. The van der Waals surface area contributed by atoms with E-state index in [1.54, 1.807) is 53.1 Å². The number of hydrogen-bond acceptors (Lipinski definition) is 6. The molecule has 1 atom stereocenters. The van der Waals surface area contributed by atoms with Crippen molar-refractivity contribution in [1.29, 1.82) is 0 Å². The molecule has 214 valence electrons. The third-order valence-corrected chi connectivity index (χ3v) is 6.43. The van der Waals surface area contributed by atoms with E-state index in [1.807, 2.05) is 0 Å². The zero-order chi connectivity index (χ0) is 29.6. The predicted molar refractivity (Wildman–Crippen MR) is 144 cm³/mol. The number of nitrogen functional groups attached to an aromatic ring is 1. The number of nitrogens with one attached hydrogen (secondary N) is 3. The van der Waals surface area contributed by atoms with Gasteiger partial charge in [0.25, 0.3) is 0 Å². The first-order chi connectivity index (χ1) is 17.9. The van der Waals surface area contributed by atoms with Crippen molar-refractivity contribution >= 4 is 35.7 Å². The topological polar surface area (TPSA) is 126 Å². The highest BCUT2D eigenvalue weighted by molar-refractivity contribution is 7.98. The summed E-state index contributed by atoms with van der Waals surface area (Å²) in [5.74, 6) is -0.580. The summed E-state index contributed by atoms with van der Waals surface area (Å²) < 4.78 is 48.1. The van der Waals surface area contributed by atoms with Crippen molar-refractivity contribution in [3.63, 3.8) is 0 Å². The van der Waals surface area contributed by atoms with Crippen molar-refractivity contribution < 1.29 is 32.3 Å². The predicted octanol–water partition coefficient (Wildman–Crippen LogP) is 4.87. The number of amides is 4. The lowest BCUT2D eigenvalue weighted by molar-refractivity contribution is -0.155. The average molecular weight is 570 g/mol. The highest BCUT2D eigenvalue weighted by Gasteiger charge is 2.36. The van der Waals surface area contributed by atoms with Crippen molar-refractivity contribution in [1.82, 2.24) is 20.3 Å². The summed E-state index contributed by atoms with van der Waals surface area (Å²) in [5.41, 5.74) is 3.99. The second-order valence-corrected chi connectivity index (χ2v) is 11.1. The van der Waals surface area contributed by atoms with Crippen LogP contribution >= 0.6 is 11.9 Å². The molecule has 5 N–H and O–H groups in total. The Morgan fingerprint density at radius 1 is 1.00 bits per heavy atom. The summed E-state index contributed by atoms with van der Waals surface area (Å²) in [7, 11) is 3.20. The normalized spacial score (nSPS) is 13.2. The van der Waals surface area contributed by atoms with Gasteiger partial charge >= 0.3 is 24.2 Å². The Hall–Kier alpha value is -3.61. The first kappa shape index (κ1) is 31.6. The number of anilines is 1. The van der Waals surface area contributed by atoms with Gasteiger partial charge in [0.1, 0.15) is 6.61 Å². The zero-order valence-corrected chi connectivity index (χ0v) is 23.5. The summed E-state index contributed by atoms with van der Waals surface area (Å²) in [5, 5.41) is 5.34. The lowest BCUT2D eigenvalue weighted by atomic mass is 9.91. The monoisotopic (exact) mass is 569 g/mol. The van der Waals surface area contributed by atoms with Gasteiger partial charge in [-0.15, -0.1) is 0 Å². The fraction of sp³-hybridized carbons (Fsp3) is 0.423. The highest BCUT2D eigenvalue weighted by atomic mass is 32.2. The molecule has 0 bridgehead atoms. The Morgan fingerprint density at radius 2 is 1.62 bits per heavy atom. The van der Waals surface area contributed by atoms with Gasteiger partial charge in [0.2, 0.25) is 0 Å². The van der Waals surface area contributed by atoms with E-state index in [2.05, 4.69) is 15.4 Å². The third kappa shape index (κ3) is 8.98. The number of hydrogen-bond donors (Lipinski definition) is 4. The van der Waals surface area contributed by atoms with Crippen molar-refractivity contribution in [3.8, 4) is 0 Å². The average Bonchev–Trinajstić information content (AvgIpc) is 2.84. The summed E-state index contributed by atoms with van der Waals surface area (Å²) in [6.45, 7) is 6.13. The van der Waals surface area contributed by atoms with Crippen molar-refractivity contribution in [2.75, 3.05) is 26.4 Å². The van der Waals surface area contributed by atoms with Gasteiger partial charge in [0, 0.05) is 20.6 Å². The second kappa shape index (κ2) is 12.5. The number of rotatable bonds is 8. The number of alkyl halides is 3. The number of carbonyl (C=O) groups is 3. The summed E-state index contributed by atoms with van der Waals surface area (Å²) in [6.07, 6.45) is -4.61. The van der Waals surface area contributed by atoms with Crippen LogP contribution in [0.15, 0.2) is 47.4 Å². The Labute approximate surface area is 230 Å². The van der Waals surface area contributed by atoms with Crippen LogP contribution in [0.3, 0.4) is 0 Å². The van der Waals surface area contributed by atoms with E-state index in [0.29, 0.717) is 16.1 Å². The van der Waals surface area contributed by atoms with Crippen LogP contribution < -0.4 is 21.1 Å². The molecule has 2 rings (SSSR count). The van der Waals surface area contributed by atoms with Gasteiger partial charge in [-0.05, 0) is 69.0 Å². The van der Waals surface area contributed by atoms with E-state index in [0.717, 1.165) is 24.1 Å². The number of para-hydroxylation sites is 1. The third-order valence-electron chi connectivity index (χ3n) is 5.57. The van der Waals surface area contributed by atoms with E-state index in [-0.39, 0.29) is 18.1 Å². The van der Waals surface area contributed by atoms with Crippen LogP contribution in [-0.2, 0) is 27.8 Å². The maximum Gasteiger partial charge on any atom is 0.416 e. The SMILES string of the molecule is CN(C)C(=O)NCc1cccc(SNC(=O)NC(C)(COC(=O)C(C)(C)C)c2cccc(C(F)(F)F)c2)c1N. The van der Waals surface area contributed by atoms with Crippen LogP contribution in [0.1, 0.15) is 44.4 Å². The van der Waals surface area contributed by atoms with Crippen LogP contribution in [0, 0.1) is 5.41 Å². The first-order valence-corrected chi connectivity index (χ1v) is 12.7. The minimum absolute atomic E-state index is 0.0947. The molecule has 0 saturated carbocycles. The Morgan fingerprint density at radius 3 is 2.21 bits per heavy atom. The van der Waals surface area contributed by atoms with E-state index < -0.39 is 41.3 Å². The maximum absolute atomic E-state index is 13.4. The van der Waals surface area contributed by atoms with Crippen LogP contribution in [0.25, 0.3) is 0 Å². The fourth-order valence-electron chi connectivity index (χ4n) is 3.20. The number of nitrogens with two attached hydrogens (primary N) is 1. The smallest absolute Gasteiger partial charge is 0.416 e. The van der Waals surface area contributed by atoms with Gasteiger partial charge in [-0.3, -0.25) is 9.52 Å². The van der Waals surface area contributed by atoms with Gasteiger partial charge in [-0.2, -0.15) is 13.2 Å². The van der Waals surface area contributed by atoms with E-state index in [1.165, 1.54) is 24.0 Å². The fourth-order valence-corrected chi connectivity index (χ4v) is 3.84. The van der Waals surface area contributed by atoms with Gasteiger partial charge < -0.3 is 26.0 Å². The second-order valence-electron chi connectivity index (χ2n) is 10.3. The minimum atomic E-state index is -4.61. The Kier molecular flexibility index (Phi) is 10.1. The molecular formula is C26H34F3N5O4S. The number of esters is 1. The molecule has 0 radical (unpaired) electrons. The molecule has 0 heterocycles. The molecular weight excluding hydrogens is 535 g/mol. The first-order valence-electron chi connectivity index (χ1n) is 11.9. The molecule has 0 fully saturated rings. The Bertz CT molecular complexity index is 1200. The number of carbonyl (C=O) groups excluding carboxylic acids is 3. The number of ether oxygens (including phenoxy) is 1.